The van der Waals surface area contributed by atoms with Crippen molar-refractivity contribution in [3.63, 3.8) is 0 Å². The van der Waals surface area contributed by atoms with Crippen molar-refractivity contribution in [3.8, 4) is 0 Å². The van der Waals surface area contributed by atoms with E-state index in [-0.39, 0.29) is 0 Å². The van der Waals surface area contributed by atoms with Gasteiger partial charge in [-0.3, -0.25) is 4.99 Å². The molecule has 2 bridgehead atoms. The Morgan fingerprint density at radius 3 is 2.72 bits per heavy atom. The predicted octanol–water partition coefficient (Wildman–Crippen LogP) is 2.34. The lowest BCUT2D eigenvalue weighted by molar-refractivity contribution is 0.264. The normalized spacial score (nSPS) is 37.3. The zero-order valence-corrected chi connectivity index (χ0v) is 12.1. The molecule has 3 atom stereocenters. The van der Waals surface area contributed by atoms with Crippen LogP contribution in [-0.4, -0.2) is 37.5 Å². The molecule has 1 N–H and O–H groups in total. The van der Waals surface area contributed by atoms with E-state index in [1.165, 1.54) is 32.2 Å². The average molecular weight is 249 g/mol. The maximum Gasteiger partial charge on any atom is 0.193 e. The maximum absolute atomic E-state index is 4.72. The summed E-state index contributed by atoms with van der Waals surface area (Å²) >= 11 is 0. The smallest absolute Gasteiger partial charge is 0.193 e. The number of fused-ring (bicyclic) bond motifs is 2. The molecule has 0 aromatic carbocycles. The molecule has 3 heteroatoms. The highest BCUT2D eigenvalue weighted by atomic mass is 15.3. The quantitative estimate of drug-likeness (QED) is 0.813. The van der Waals surface area contributed by atoms with Crippen molar-refractivity contribution in [1.82, 2.24) is 10.2 Å². The van der Waals surface area contributed by atoms with Crippen molar-refractivity contribution < 1.29 is 0 Å². The molecule has 0 saturated heterocycles. The molecule has 1 aliphatic heterocycles. The summed E-state index contributed by atoms with van der Waals surface area (Å²) in [5.41, 5.74) is 0.316. The second-order valence-corrected chi connectivity index (χ2v) is 7.47. The van der Waals surface area contributed by atoms with Gasteiger partial charge in [0, 0.05) is 32.1 Å². The lowest BCUT2D eigenvalue weighted by atomic mass is 9.88. The molecule has 2 fully saturated rings. The third-order valence-corrected chi connectivity index (χ3v) is 5.14. The minimum Gasteiger partial charge on any atom is -0.356 e. The van der Waals surface area contributed by atoms with Crippen LogP contribution in [0, 0.1) is 23.2 Å². The Hall–Kier alpha value is -0.730. The number of aliphatic imine (C=N–C) groups is 1. The van der Waals surface area contributed by atoms with Crippen LogP contribution in [0.1, 0.15) is 39.5 Å². The Bertz CT molecular complexity index is 348. The first-order chi connectivity index (χ1) is 8.53. The summed E-state index contributed by atoms with van der Waals surface area (Å²) in [5.74, 6) is 4.11. The Morgan fingerprint density at radius 2 is 2.17 bits per heavy atom. The molecule has 0 radical (unpaired) electrons. The Labute approximate surface area is 111 Å². The molecule has 3 aliphatic rings. The number of hydrogen-bond donors (Lipinski definition) is 1. The van der Waals surface area contributed by atoms with Gasteiger partial charge in [-0.15, -0.1) is 0 Å². The van der Waals surface area contributed by atoms with Gasteiger partial charge in [0.25, 0.3) is 0 Å². The van der Waals surface area contributed by atoms with Crippen LogP contribution in [-0.2, 0) is 0 Å². The molecule has 2 aliphatic carbocycles. The Kier molecular flexibility index (Phi) is 3.03. The minimum atomic E-state index is 0.316. The molecular weight excluding hydrogens is 222 g/mol. The monoisotopic (exact) mass is 249 g/mol. The molecule has 3 unspecified atom stereocenters. The Balaban J connectivity index is 1.56. The second-order valence-electron chi connectivity index (χ2n) is 7.47. The predicted molar refractivity (Wildman–Crippen MR) is 75.7 cm³/mol. The standard InChI is InChI=1S/C15H27N3/c1-15(2)9-16-14(17-10-15)18(3)8-13-7-11-4-5-12(13)6-11/h11-13H,4-10H2,1-3H3,(H,16,17). The third kappa shape index (κ3) is 2.36. The SMILES string of the molecule is CN(CC1CC2CCC1C2)C1=NCC(C)(C)CN1. The van der Waals surface area contributed by atoms with Crippen LogP contribution in [0.15, 0.2) is 4.99 Å². The fourth-order valence-corrected chi connectivity index (χ4v) is 4.01. The van der Waals surface area contributed by atoms with Crippen LogP contribution in [0.4, 0.5) is 0 Å². The van der Waals surface area contributed by atoms with Crippen molar-refractivity contribution in [3.05, 3.63) is 0 Å². The van der Waals surface area contributed by atoms with E-state index >= 15 is 0 Å². The molecule has 3 rings (SSSR count). The summed E-state index contributed by atoms with van der Waals surface area (Å²) in [6.45, 7) is 7.75. The van der Waals surface area contributed by atoms with Gasteiger partial charge in [0.15, 0.2) is 5.96 Å². The lowest BCUT2D eigenvalue weighted by Gasteiger charge is -2.35. The van der Waals surface area contributed by atoms with Crippen LogP contribution >= 0.6 is 0 Å². The van der Waals surface area contributed by atoms with E-state index in [9.17, 15) is 0 Å². The van der Waals surface area contributed by atoms with Crippen LogP contribution in [0.25, 0.3) is 0 Å². The van der Waals surface area contributed by atoms with Crippen LogP contribution in [0.3, 0.4) is 0 Å². The Morgan fingerprint density at radius 1 is 1.33 bits per heavy atom. The molecular formula is C15H27N3. The van der Waals surface area contributed by atoms with E-state index in [0.717, 1.165) is 36.8 Å². The van der Waals surface area contributed by atoms with Crippen molar-refractivity contribution in [2.45, 2.75) is 39.5 Å². The summed E-state index contributed by atoms with van der Waals surface area (Å²) in [7, 11) is 2.20. The molecule has 2 saturated carbocycles. The van der Waals surface area contributed by atoms with Gasteiger partial charge in [-0.05, 0) is 37.0 Å². The zero-order chi connectivity index (χ0) is 12.8. The van der Waals surface area contributed by atoms with Crippen molar-refractivity contribution in [2.24, 2.45) is 28.2 Å². The molecule has 0 spiro atoms. The van der Waals surface area contributed by atoms with E-state index in [2.05, 4.69) is 31.1 Å². The van der Waals surface area contributed by atoms with Crippen LogP contribution < -0.4 is 5.32 Å². The van der Waals surface area contributed by atoms with Crippen molar-refractivity contribution in [1.29, 1.82) is 0 Å². The first-order valence-electron chi connectivity index (χ1n) is 7.53. The van der Waals surface area contributed by atoms with Crippen LogP contribution in [0.2, 0.25) is 0 Å². The highest BCUT2D eigenvalue weighted by Crippen LogP contribution is 2.48. The fourth-order valence-electron chi connectivity index (χ4n) is 4.01. The molecule has 0 aromatic rings. The number of nitrogens with zero attached hydrogens (tertiary/aromatic N) is 2. The molecule has 3 nitrogen and oxygen atoms in total. The fraction of sp³-hybridized carbons (Fsp3) is 0.933. The van der Waals surface area contributed by atoms with Crippen molar-refractivity contribution >= 4 is 5.96 Å². The van der Waals surface area contributed by atoms with E-state index < -0.39 is 0 Å². The van der Waals surface area contributed by atoms with Gasteiger partial charge >= 0.3 is 0 Å². The first-order valence-corrected chi connectivity index (χ1v) is 7.53. The van der Waals surface area contributed by atoms with E-state index in [4.69, 9.17) is 4.99 Å². The minimum absolute atomic E-state index is 0.316. The number of nitrogens with one attached hydrogen (secondary N) is 1. The third-order valence-electron chi connectivity index (χ3n) is 5.14. The van der Waals surface area contributed by atoms with Gasteiger partial charge < -0.3 is 10.2 Å². The van der Waals surface area contributed by atoms with Gasteiger partial charge in [-0.1, -0.05) is 20.3 Å². The largest absolute Gasteiger partial charge is 0.356 e. The number of hydrogen-bond acceptors (Lipinski definition) is 3. The average Bonchev–Trinajstić information content (AvgIpc) is 2.90. The van der Waals surface area contributed by atoms with Crippen molar-refractivity contribution in [2.75, 3.05) is 26.7 Å². The van der Waals surface area contributed by atoms with E-state index in [1.807, 2.05) is 0 Å². The molecule has 18 heavy (non-hydrogen) atoms. The highest BCUT2D eigenvalue weighted by molar-refractivity contribution is 5.80. The molecule has 102 valence electrons. The molecule has 0 aromatic heterocycles. The molecule has 1 heterocycles. The van der Waals surface area contributed by atoms with Gasteiger partial charge in [-0.2, -0.15) is 0 Å². The maximum atomic E-state index is 4.72. The van der Waals surface area contributed by atoms with Gasteiger partial charge in [-0.25, -0.2) is 0 Å². The second kappa shape index (κ2) is 4.43. The summed E-state index contributed by atoms with van der Waals surface area (Å²) in [6.07, 6.45) is 5.95. The zero-order valence-electron chi connectivity index (χ0n) is 12.1. The topological polar surface area (TPSA) is 27.6 Å². The van der Waals surface area contributed by atoms with Gasteiger partial charge in [0.05, 0.1) is 0 Å². The van der Waals surface area contributed by atoms with E-state index in [1.54, 1.807) is 0 Å². The molecule has 0 amide bonds. The summed E-state index contributed by atoms with van der Waals surface area (Å²) in [4.78, 5) is 7.08. The summed E-state index contributed by atoms with van der Waals surface area (Å²) in [6, 6.07) is 0. The summed E-state index contributed by atoms with van der Waals surface area (Å²) < 4.78 is 0. The first kappa shape index (κ1) is 12.3. The van der Waals surface area contributed by atoms with Crippen LogP contribution in [0.5, 0.6) is 0 Å². The number of rotatable bonds is 2. The highest BCUT2D eigenvalue weighted by Gasteiger charge is 2.40. The summed E-state index contributed by atoms with van der Waals surface area (Å²) in [5, 5.41) is 3.50. The lowest BCUT2D eigenvalue weighted by Crippen LogP contribution is -2.49. The van der Waals surface area contributed by atoms with Gasteiger partial charge in [0.1, 0.15) is 0 Å². The van der Waals surface area contributed by atoms with E-state index in [0.29, 0.717) is 5.41 Å². The number of guanidine groups is 1. The van der Waals surface area contributed by atoms with Gasteiger partial charge in [0.2, 0.25) is 0 Å².